The monoisotopic (exact) mass is 377 g/mol. The number of amides is 1. The molecule has 1 saturated heterocycles. The van der Waals surface area contributed by atoms with Crippen LogP contribution in [0.15, 0.2) is 36.5 Å². The van der Waals surface area contributed by atoms with Gasteiger partial charge in [0.1, 0.15) is 5.82 Å². The highest BCUT2D eigenvalue weighted by molar-refractivity contribution is 5.94. The van der Waals surface area contributed by atoms with Crippen molar-refractivity contribution in [1.29, 1.82) is 0 Å². The molecule has 3 heterocycles. The lowest BCUT2D eigenvalue weighted by molar-refractivity contribution is 0.0994. The zero-order valence-corrected chi connectivity index (χ0v) is 15.8. The molecule has 0 bridgehead atoms. The molecule has 0 saturated carbocycles. The minimum atomic E-state index is -1.20. The van der Waals surface area contributed by atoms with E-state index >= 15 is 0 Å². The Balaban J connectivity index is 1.71. The number of rotatable bonds is 2. The SMILES string of the molecule is C=C1N(C)CC[C@@]1(O)C#Cc1cccc(-n2nc(C(N)=O)c3c2NCCC3)c1. The molecule has 7 nitrogen and oxygen atoms in total. The fourth-order valence-electron chi connectivity index (χ4n) is 3.68. The van der Waals surface area contributed by atoms with Crippen molar-refractivity contribution in [3.63, 3.8) is 0 Å². The zero-order valence-electron chi connectivity index (χ0n) is 15.8. The summed E-state index contributed by atoms with van der Waals surface area (Å²) in [5.74, 6) is 6.29. The van der Waals surface area contributed by atoms with Gasteiger partial charge < -0.3 is 21.1 Å². The Kier molecular flexibility index (Phi) is 4.36. The molecule has 4 N–H and O–H groups in total. The predicted octanol–water partition coefficient (Wildman–Crippen LogP) is 1.26. The maximum Gasteiger partial charge on any atom is 0.269 e. The molecule has 28 heavy (non-hydrogen) atoms. The van der Waals surface area contributed by atoms with Crippen LogP contribution in [-0.2, 0) is 6.42 Å². The van der Waals surface area contributed by atoms with E-state index in [0.717, 1.165) is 48.6 Å². The Morgan fingerprint density at radius 2 is 2.29 bits per heavy atom. The Morgan fingerprint density at radius 1 is 1.46 bits per heavy atom. The van der Waals surface area contributed by atoms with E-state index in [4.69, 9.17) is 5.73 Å². The van der Waals surface area contributed by atoms with E-state index in [9.17, 15) is 9.90 Å². The third-order valence-electron chi connectivity index (χ3n) is 5.36. The summed E-state index contributed by atoms with van der Waals surface area (Å²) in [6.45, 7) is 5.49. The number of fused-ring (bicyclic) bond motifs is 1. The summed E-state index contributed by atoms with van der Waals surface area (Å²) in [7, 11) is 1.90. The number of benzene rings is 1. The van der Waals surface area contributed by atoms with Crippen molar-refractivity contribution in [3.8, 4) is 17.5 Å². The maximum absolute atomic E-state index is 11.8. The van der Waals surface area contributed by atoms with Gasteiger partial charge in [0.05, 0.1) is 11.4 Å². The molecule has 1 atom stereocenters. The molecule has 1 fully saturated rings. The van der Waals surface area contributed by atoms with Gasteiger partial charge in [-0.05, 0) is 31.0 Å². The van der Waals surface area contributed by atoms with Crippen molar-refractivity contribution in [2.45, 2.75) is 24.9 Å². The first-order valence-corrected chi connectivity index (χ1v) is 9.31. The number of carbonyl (C=O) groups is 1. The molecule has 0 unspecified atom stereocenters. The molecule has 7 heteroatoms. The lowest BCUT2D eigenvalue weighted by atomic mass is 10.0. The number of likely N-dealkylation sites (tertiary alicyclic amines) is 1. The smallest absolute Gasteiger partial charge is 0.269 e. The molecule has 144 valence electrons. The van der Waals surface area contributed by atoms with E-state index in [1.165, 1.54) is 0 Å². The average Bonchev–Trinajstić information content (AvgIpc) is 3.21. The lowest BCUT2D eigenvalue weighted by Gasteiger charge is -2.19. The van der Waals surface area contributed by atoms with E-state index < -0.39 is 11.5 Å². The van der Waals surface area contributed by atoms with Gasteiger partial charge in [-0.15, -0.1) is 0 Å². The van der Waals surface area contributed by atoms with E-state index in [2.05, 4.69) is 28.8 Å². The molecule has 4 rings (SSSR count). The molecule has 2 aromatic rings. The van der Waals surface area contributed by atoms with Crippen LogP contribution in [0.5, 0.6) is 0 Å². The van der Waals surface area contributed by atoms with E-state index in [-0.39, 0.29) is 0 Å². The van der Waals surface area contributed by atoms with Gasteiger partial charge >= 0.3 is 0 Å². The summed E-state index contributed by atoms with van der Waals surface area (Å²) in [6, 6.07) is 7.53. The highest BCUT2D eigenvalue weighted by atomic mass is 16.3. The summed E-state index contributed by atoms with van der Waals surface area (Å²) < 4.78 is 1.71. The van der Waals surface area contributed by atoms with Crippen molar-refractivity contribution < 1.29 is 9.90 Å². The van der Waals surface area contributed by atoms with Crippen molar-refractivity contribution in [2.75, 3.05) is 25.5 Å². The Morgan fingerprint density at radius 3 is 3.00 bits per heavy atom. The van der Waals surface area contributed by atoms with Crippen molar-refractivity contribution in [3.05, 3.63) is 53.4 Å². The Labute approximate surface area is 163 Å². The van der Waals surface area contributed by atoms with E-state index in [1.807, 2.05) is 36.2 Å². The highest BCUT2D eigenvalue weighted by Crippen LogP contribution is 2.30. The van der Waals surface area contributed by atoms with Crippen molar-refractivity contribution in [1.82, 2.24) is 14.7 Å². The summed E-state index contributed by atoms with van der Waals surface area (Å²) in [5, 5.41) is 18.5. The number of aromatic nitrogens is 2. The molecule has 0 aliphatic carbocycles. The first kappa shape index (κ1) is 18.1. The number of hydrogen-bond donors (Lipinski definition) is 3. The number of nitrogens with one attached hydrogen (secondary N) is 1. The maximum atomic E-state index is 11.8. The summed E-state index contributed by atoms with van der Waals surface area (Å²) >= 11 is 0. The van der Waals surface area contributed by atoms with Crippen LogP contribution < -0.4 is 11.1 Å². The predicted molar refractivity (Wildman–Crippen MR) is 107 cm³/mol. The molecule has 2 aliphatic heterocycles. The Hall–Kier alpha value is -3.24. The normalized spacial score (nSPS) is 20.9. The van der Waals surface area contributed by atoms with E-state index in [1.54, 1.807) is 4.68 Å². The van der Waals surface area contributed by atoms with Crippen LogP contribution in [0.1, 0.15) is 34.5 Å². The van der Waals surface area contributed by atoms with Gasteiger partial charge in [-0.1, -0.05) is 24.5 Å². The highest BCUT2D eigenvalue weighted by Gasteiger charge is 2.36. The van der Waals surface area contributed by atoms with Crippen LogP contribution in [0.25, 0.3) is 5.69 Å². The number of anilines is 1. The minimum absolute atomic E-state index is 0.304. The quantitative estimate of drug-likeness (QED) is 0.685. The lowest BCUT2D eigenvalue weighted by Crippen LogP contribution is -2.26. The zero-order chi connectivity index (χ0) is 19.9. The van der Waals surface area contributed by atoms with Crippen LogP contribution in [0, 0.1) is 11.8 Å². The fourth-order valence-corrected chi connectivity index (χ4v) is 3.68. The number of nitrogens with zero attached hydrogens (tertiary/aromatic N) is 3. The van der Waals surface area contributed by atoms with Gasteiger partial charge in [0.15, 0.2) is 11.3 Å². The molecular weight excluding hydrogens is 354 g/mol. The minimum Gasteiger partial charge on any atom is -0.375 e. The van der Waals surface area contributed by atoms with Crippen LogP contribution in [-0.4, -0.2) is 51.4 Å². The molecular formula is C21H23N5O2. The Bertz CT molecular complexity index is 1030. The number of primary amides is 1. The number of nitrogens with two attached hydrogens (primary N) is 1. The summed E-state index contributed by atoms with van der Waals surface area (Å²) in [4.78, 5) is 13.7. The van der Waals surface area contributed by atoms with Crippen molar-refractivity contribution in [2.24, 2.45) is 5.73 Å². The van der Waals surface area contributed by atoms with Gasteiger partial charge in [-0.2, -0.15) is 5.10 Å². The first-order valence-electron chi connectivity index (χ1n) is 9.31. The van der Waals surface area contributed by atoms with E-state index in [0.29, 0.717) is 17.8 Å². The molecule has 2 aliphatic rings. The first-order chi connectivity index (χ1) is 13.4. The largest absolute Gasteiger partial charge is 0.375 e. The molecule has 1 amide bonds. The number of aliphatic hydroxyl groups is 1. The fraction of sp³-hybridized carbons (Fsp3) is 0.333. The molecule has 0 spiro atoms. The molecule has 0 radical (unpaired) electrons. The number of hydrogen-bond acceptors (Lipinski definition) is 5. The van der Waals surface area contributed by atoms with Gasteiger partial charge in [0.2, 0.25) is 0 Å². The number of carbonyl (C=O) groups excluding carboxylic acids is 1. The third kappa shape index (κ3) is 3.02. The second-order valence-electron chi connectivity index (χ2n) is 7.26. The summed E-state index contributed by atoms with van der Waals surface area (Å²) in [5.41, 5.74) is 7.61. The topological polar surface area (TPSA) is 96.4 Å². The van der Waals surface area contributed by atoms with Gasteiger partial charge in [0, 0.05) is 37.7 Å². The molecule has 1 aromatic carbocycles. The second kappa shape index (κ2) is 6.73. The van der Waals surface area contributed by atoms with Crippen LogP contribution in [0.3, 0.4) is 0 Å². The van der Waals surface area contributed by atoms with Gasteiger partial charge in [-0.3, -0.25) is 4.79 Å². The average molecular weight is 377 g/mol. The van der Waals surface area contributed by atoms with Gasteiger partial charge in [0.25, 0.3) is 5.91 Å². The van der Waals surface area contributed by atoms with Crippen molar-refractivity contribution >= 4 is 11.7 Å². The molecule has 1 aromatic heterocycles. The third-order valence-corrected chi connectivity index (χ3v) is 5.36. The van der Waals surface area contributed by atoms with Gasteiger partial charge in [-0.25, -0.2) is 4.68 Å². The van der Waals surface area contributed by atoms with Crippen LogP contribution in [0.2, 0.25) is 0 Å². The second-order valence-corrected chi connectivity index (χ2v) is 7.26. The summed E-state index contributed by atoms with van der Waals surface area (Å²) in [6.07, 6.45) is 2.23. The standard InChI is InChI=1S/C21H23N5O2/c1-14-21(28,10-12-25(14)2)9-8-15-5-3-6-16(13-15)26-20-17(7-4-11-23-20)18(24-26)19(22)27/h3,5-6,13,23,28H,1,4,7,10-12H2,2H3,(H2,22,27)/t21-/m0/s1. The number of likely N-dealkylation sites (N-methyl/N-ethyl adjacent to an activating group) is 1. The van der Waals surface area contributed by atoms with Crippen LogP contribution >= 0.6 is 0 Å². The van der Waals surface area contributed by atoms with Crippen LogP contribution in [0.4, 0.5) is 5.82 Å².